The van der Waals surface area contributed by atoms with Gasteiger partial charge in [-0.2, -0.15) is 4.68 Å². The van der Waals surface area contributed by atoms with Gasteiger partial charge < -0.3 is 10.1 Å². The van der Waals surface area contributed by atoms with Crippen LogP contribution < -0.4 is 0 Å². The van der Waals surface area contributed by atoms with E-state index >= 15 is 0 Å². The fourth-order valence-electron chi connectivity index (χ4n) is 1.84. The predicted octanol–water partition coefficient (Wildman–Crippen LogP) is 1.48. The van der Waals surface area contributed by atoms with E-state index in [2.05, 4.69) is 5.10 Å². The summed E-state index contributed by atoms with van der Waals surface area (Å²) in [6, 6.07) is 1.02. The first kappa shape index (κ1) is 9.82. The Morgan fingerprint density at radius 3 is 2.93 bits per heavy atom. The van der Waals surface area contributed by atoms with E-state index in [0.29, 0.717) is 6.42 Å². The van der Waals surface area contributed by atoms with Gasteiger partial charge in [0.1, 0.15) is 6.04 Å². The van der Waals surface area contributed by atoms with E-state index in [0.717, 1.165) is 19.3 Å². The van der Waals surface area contributed by atoms with Crippen molar-refractivity contribution in [3.63, 3.8) is 0 Å². The summed E-state index contributed by atoms with van der Waals surface area (Å²) in [6.07, 6.45) is 4.69. The SMILES string of the molecule is O=C1CCCC[C@H]1n1ccc([N+](=O)[O-])n1. The second-order valence-corrected chi connectivity index (χ2v) is 3.64. The van der Waals surface area contributed by atoms with Crippen LogP contribution in [-0.4, -0.2) is 20.5 Å². The third-order valence-corrected chi connectivity index (χ3v) is 2.62. The van der Waals surface area contributed by atoms with Gasteiger partial charge in [0.15, 0.2) is 5.78 Å². The summed E-state index contributed by atoms with van der Waals surface area (Å²) in [5, 5.41) is 14.2. The minimum atomic E-state index is -0.552. The molecule has 1 saturated carbocycles. The summed E-state index contributed by atoms with van der Waals surface area (Å²) < 4.78 is 1.42. The summed E-state index contributed by atoms with van der Waals surface area (Å²) in [6.45, 7) is 0. The van der Waals surface area contributed by atoms with E-state index in [9.17, 15) is 14.9 Å². The zero-order valence-corrected chi connectivity index (χ0v) is 8.13. The summed E-state index contributed by atoms with van der Waals surface area (Å²) in [4.78, 5) is 21.4. The maximum atomic E-state index is 11.5. The van der Waals surface area contributed by atoms with Gasteiger partial charge in [-0.1, -0.05) is 6.42 Å². The smallest absolute Gasteiger partial charge is 0.358 e. The van der Waals surface area contributed by atoms with Crippen LogP contribution in [0.4, 0.5) is 5.82 Å². The highest BCUT2D eigenvalue weighted by atomic mass is 16.6. The zero-order chi connectivity index (χ0) is 10.8. The molecule has 0 aromatic carbocycles. The van der Waals surface area contributed by atoms with Gasteiger partial charge >= 0.3 is 5.82 Å². The van der Waals surface area contributed by atoms with Crippen LogP contribution in [0.25, 0.3) is 0 Å². The molecule has 0 bridgehead atoms. The van der Waals surface area contributed by atoms with E-state index in [1.54, 1.807) is 0 Å². The molecule has 0 N–H and O–H groups in total. The minimum Gasteiger partial charge on any atom is -0.358 e. The number of hydrogen-bond acceptors (Lipinski definition) is 4. The average molecular weight is 209 g/mol. The molecule has 1 atom stereocenters. The molecule has 15 heavy (non-hydrogen) atoms. The maximum Gasteiger partial charge on any atom is 0.389 e. The van der Waals surface area contributed by atoms with Crippen molar-refractivity contribution in [2.45, 2.75) is 31.7 Å². The largest absolute Gasteiger partial charge is 0.389 e. The Hall–Kier alpha value is -1.72. The molecule has 1 aliphatic carbocycles. The molecule has 1 aromatic rings. The van der Waals surface area contributed by atoms with Gasteiger partial charge in [-0.25, -0.2) is 0 Å². The number of hydrogen-bond donors (Lipinski definition) is 0. The van der Waals surface area contributed by atoms with Gasteiger partial charge in [0.2, 0.25) is 0 Å². The predicted molar refractivity (Wildman–Crippen MR) is 51.4 cm³/mol. The van der Waals surface area contributed by atoms with Gasteiger partial charge in [-0.3, -0.25) is 4.79 Å². The van der Waals surface area contributed by atoms with Crippen LogP contribution in [0, 0.1) is 10.1 Å². The highest BCUT2D eigenvalue weighted by Crippen LogP contribution is 2.25. The van der Waals surface area contributed by atoms with E-state index in [1.165, 1.54) is 16.9 Å². The average Bonchev–Trinajstić information content (AvgIpc) is 2.67. The molecule has 1 aromatic heterocycles. The van der Waals surface area contributed by atoms with Crippen molar-refractivity contribution < 1.29 is 9.72 Å². The van der Waals surface area contributed by atoms with Crippen LogP contribution >= 0.6 is 0 Å². The third-order valence-electron chi connectivity index (χ3n) is 2.62. The zero-order valence-electron chi connectivity index (χ0n) is 8.13. The van der Waals surface area contributed by atoms with Crippen LogP contribution in [0.5, 0.6) is 0 Å². The van der Waals surface area contributed by atoms with Gasteiger partial charge in [0.25, 0.3) is 0 Å². The molecule has 1 heterocycles. The normalized spacial score (nSPS) is 21.6. The Kier molecular flexibility index (Phi) is 2.49. The van der Waals surface area contributed by atoms with Crippen LogP contribution in [0.15, 0.2) is 12.3 Å². The Morgan fingerprint density at radius 1 is 1.53 bits per heavy atom. The number of carbonyl (C=O) groups is 1. The van der Waals surface area contributed by atoms with E-state index < -0.39 is 4.92 Å². The lowest BCUT2D eigenvalue weighted by Gasteiger charge is -2.17. The summed E-state index contributed by atoms with van der Waals surface area (Å²) in [5.74, 6) is -0.0763. The third kappa shape index (κ3) is 1.88. The first-order valence-corrected chi connectivity index (χ1v) is 4.91. The van der Waals surface area contributed by atoms with Crippen LogP contribution in [0.3, 0.4) is 0 Å². The molecule has 0 amide bonds. The number of nitrogens with zero attached hydrogens (tertiary/aromatic N) is 3. The summed E-state index contributed by atoms with van der Waals surface area (Å²) >= 11 is 0. The number of ketones is 1. The van der Waals surface area contributed by atoms with Gasteiger partial charge in [0.05, 0.1) is 17.4 Å². The molecule has 1 aliphatic rings. The Balaban J connectivity index is 2.20. The van der Waals surface area contributed by atoms with E-state index in [1.807, 2.05) is 0 Å². The first-order valence-electron chi connectivity index (χ1n) is 4.91. The lowest BCUT2D eigenvalue weighted by molar-refractivity contribution is -0.389. The molecule has 2 rings (SSSR count). The molecule has 1 fully saturated rings. The fourth-order valence-corrected chi connectivity index (χ4v) is 1.84. The fraction of sp³-hybridized carbons (Fsp3) is 0.556. The van der Waals surface area contributed by atoms with Crippen molar-refractivity contribution in [3.05, 3.63) is 22.4 Å². The highest BCUT2D eigenvalue weighted by Gasteiger charge is 2.27. The number of Topliss-reactive ketones (excluding diaryl/α,β-unsaturated/α-hetero) is 1. The Bertz CT molecular complexity index is 399. The van der Waals surface area contributed by atoms with Gasteiger partial charge in [-0.05, 0) is 17.8 Å². The molecule has 6 nitrogen and oxygen atoms in total. The molecular weight excluding hydrogens is 198 g/mol. The van der Waals surface area contributed by atoms with E-state index in [-0.39, 0.29) is 17.6 Å². The minimum absolute atomic E-state index is 0.124. The highest BCUT2D eigenvalue weighted by molar-refractivity contribution is 5.83. The molecule has 80 valence electrons. The molecule has 0 aliphatic heterocycles. The molecule has 0 spiro atoms. The number of nitro groups is 1. The molecule has 0 unspecified atom stereocenters. The van der Waals surface area contributed by atoms with Crippen molar-refractivity contribution in [2.24, 2.45) is 0 Å². The maximum absolute atomic E-state index is 11.5. The first-order chi connectivity index (χ1) is 7.18. The number of aromatic nitrogens is 2. The van der Waals surface area contributed by atoms with Crippen molar-refractivity contribution in [2.75, 3.05) is 0 Å². The molecule has 0 radical (unpaired) electrons. The number of carbonyl (C=O) groups excluding carboxylic acids is 1. The monoisotopic (exact) mass is 209 g/mol. The topological polar surface area (TPSA) is 78.0 Å². The van der Waals surface area contributed by atoms with Crippen LogP contribution in [-0.2, 0) is 4.79 Å². The summed E-state index contributed by atoms with van der Waals surface area (Å²) in [5.41, 5.74) is 0. The summed E-state index contributed by atoms with van der Waals surface area (Å²) in [7, 11) is 0. The molecule has 6 heteroatoms. The quantitative estimate of drug-likeness (QED) is 0.545. The van der Waals surface area contributed by atoms with Crippen LogP contribution in [0.2, 0.25) is 0 Å². The van der Waals surface area contributed by atoms with Crippen molar-refractivity contribution in [1.82, 2.24) is 9.78 Å². The van der Waals surface area contributed by atoms with Crippen molar-refractivity contribution in [1.29, 1.82) is 0 Å². The second-order valence-electron chi connectivity index (χ2n) is 3.64. The second kappa shape index (κ2) is 3.80. The Morgan fingerprint density at radius 2 is 2.33 bits per heavy atom. The lowest BCUT2D eigenvalue weighted by atomic mass is 9.94. The molecular formula is C9H11N3O3. The van der Waals surface area contributed by atoms with Crippen LogP contribution in [0.1, 0.15) is 31.7 Å². The standard InChI is InChI=1S/C9H11N3O3/c13-8-4-2-1-3-7(8)11-6-5-9(10-11)12(14)15/h5-7H,1-4H2/t7-/m1/s1. The van der Waals surface area contributed by atoms with Gasteiger partial charge in [-0.15, -0.1) is 0 Å². The number of rotatable bonds is 2. The van der Waals surface area contributed by atoms with Gasteiger partial charge in [0, 0.05) is 6.42 Å². The van der Waals surface area contributed by atoms with Crippen molar-refractivity contribution in [3.8, 4) is 0 Å². The van der Waals surface area contributed by atoms with Crippen molar-refractivity contribution >= 4 is 11.6 Å². The lowest BCUT2D eigenvalue weighted by Crippen LogP contribution is -2.23. The molecule has 0 saturated heterocycles. The Labute approximate surface area is 86.0 Å². The van der Waals surface area contributed by atoms with E-state index in [4.69, 9.17) is 0 Å².